The number of ether oxygens (including phenoxy) is 1. The number of likely N-dealkylation sites (N-methyl/N-ethyl adjacent to an activating group) is 1. The fraction of sp³-hybridized carbons (Fsp3) is 0.296. The number of hydrogen-bond donors (Lipinski definition) is 2. The molecule has 3 amide bonds. The van der Waals surface area contributed by atoms with Crippen LogP contribution < -0.4 is 15.0 Å². The van der Waals surface area contributed by atoms with E-state index in [9.17, 15) is 14.4 Å². The second-order valence-electron chi connectivity index (χ2n) is 9.10. The Morgan fingerprint density at radius 1 is 1.16 bits per heavy atom. The van der Waals surface area contributed by atoms with Crippen molar-refractivity contribution in [3.8, 4) is 5.75 Å². The molecular formula is C27H28N6O4. The van der Waals surface area contributed by atoms with Gasteiger partial charge in [0.2, 0.25) is 11.7 Å². The molecule has 0 unspecified atom stereocenters. The van der Waals surface area contributed by atoms with Crippen molar-refractivity contribution < 1.29 is 19.1 Å². The largest absolute Gasteiger partial charge is 0.489 e. The van der Waals surface area contributed by atoms with E-state index in [1.165, 1.54) is 4.90 Å². The number of nitrogens with one attached hydrogen (secondary N) is 2. The van der Waals surface area contributed by atoms with Gasteiger partial charge in [0.25, 0.3) is 11.8 Å². The van der Waals surface area contributed by atoms with Gasteiger partial charge >= 0.3 is 0 Å². The highest BCUT2D eigenvalue weighted by Gasteiger charge is 2.31. The van der Waals surface area contributed by atoms with Gasteiger partial charge in [0.05, 0.1) is 5.69 Å². The first-order valence-electron chi connectivity index (χ1n) is 12.3. The van der Waals surface area contributed by atoms with Gasteiger partial charge in [-0.1, -0.05) is 36.4 Å². The lowest BCUT2D eigenvalue weighted by molar-refractivity contribution is -0.125. The maximum absolute atomic E-state index is 13.2. The summed E-state index contributed by atoms with van der Waals surface area (Å²) in [5.41, 5.74) is 2.36. The van der Waals surface area contributed by atoms with Crippen molar-refractivity contribution in [2.75, 3.05) is 31.6 Å². The fourth-order valence-corrected chi connectivity index (χ4v) is 4.42. The molecule has 5 rings (SSSR count). The summed E-state index contributed by atoms with van der Waals surface area (Å²) in [5.74, 6) is 0.0992. The fourth-order valence-electron chi connectivity index (χ4n) is 4.42. The van der Waals surface area contributed by atoms with E-state index >= 15 is 0 Å². The van der Waals surface area contributed by atoms with E-state index in [0.29, 0.717) is 23.7 Å². The van der Waals surface area contributed by atoms with Crippen LogP contribution in [0.25, 0.3) is 6.08 Å². The molecule has 2 aliphatic heterocycles. The van der Waals surface area contributed by atoms with Crippen LogP contribution in [0.5, 0.6) is 5.75 Å². The summed E-state index contributed by atoms with van der Waals surface area (Å²) >= 11 is 0. The minimum absolute atomic E-state index is 0.0187. The van der Waals surface area contributed by atoms with Gasteiger partial charge in [-0.15, -0.1) is 5.10 Å². The molecule has 3 aromatic rings. The summed E-state index contributed by atoms with van der Waals surface area (Å²) < 4.78 is 5.86. The first-order chi connectivity index (χ1) is 18.0. The van der Waals surface area contributed by atoms with Gasteiger partial charge in [0, 0.05) is 32.6 Å². The average molecular weight is 501 g/mol. The van der Waals surface area contributed by atoms with Gasteiger partial charge in [-0.25, -0.2) is 4.98 Å². The molecule has 0 aliphatic carbocycles. The number of carbonyl (C=O) groups excluding carboxylic acids is 3. The SMILES string of the molecule is CN1C(=O)[C@H](NC(=O)c2n[nH]c(Cc3ccccc3)n2)COc2ccc(/C=C/C(=O)N3CCCC3)cc21. The van der Waals surface area contributed by atoms with Crippen molar-refractivity contribution in [1.82, 2.24) is 25.4 Å². The lowest BCUT2D eigenvalue weighted by Gasteiger charge is -2.20. The molecule has 0 spiro atoms. The summed E-state index contributed by atoms with van der Waals surface area (Å²) in [6.45, 7) is 1.53. The summed E-state index contributed by atoms with van der Waals surface area (Å²) in [4.78, 5) is 45.9. The van der Waals surface area contributed by atoms with Gasteiger partial charge in [-0.3, -0.25) is 19.5 Å². The molecule has 3 heterocycles. The number of fused-ring (bicyclic) bond motifs is 1. The molecule has 1 fully saturated rings. The first-order valence-corrected chi connectivity index (χ1v) is 12.3. The molecule has 0 radical (unpaired) electrons. The molecule has 2 aliphatic rings. The lowest BCUT2D eigenvalue weighted by atomic mass is 10.1. The topological polar surface area (TPSA) is 121 Å². The van der Waals surface area contributed by atoms with Crippen molar-refractivity contribution in [2.24, 2.45) is 0 Å². The van der Waals surface area contributed by atoms with Crippen molar-refractivity contribution in [2.45, 2.75) is 25.3 Å². The number of rotatable bonds is 6. The van der Waals surface area contributed by atoms with Crippen LogP contribution in [0.4, 0.5) is 5.69 Å². The van der Waals surface area contributed by atoms with Gasteiger partial charge in [0.1, 0.15) is 24.2 Å². The maximum Gasteiger partial charge on any atom is 0.291 e. The molecule has 10 heteroatoms. The zero-order valence-electron chi connectivity index (χ0n) is 20.5. The Labute approximate surface area is 214 Å². The Hall–Kier alpha value is -4.47. The number of benzene rings is 2. The van der Waals surface area contributed by atoms with Crippen LogP contribution in [0, 0.1) is 0 Å². The molecule has 37 heavy (non-hydrogen) atoms. The Kier molecular flexibility index (Phi) is 6.98. The summed E-state index contributed by atoms with van der Waals surface area (Å²) in [6, 6.07) is 14.2. The van der Waals surface area contributed by atoms with Crippen LogP contribution in [-0.2, 0) is 16.0 Å². The van der Waals surface area contributed by atoms with Crippen LogP contribution >= 0.6 is 0 Å². The molecule has 0 bridgehead atoms. The van der Waals surface area contributed by atoms with Gasteiger partial charge in [0.15, 0.2) is 0 Å². The maximum atomic E-state index is 13.2. The quantitative estimate of drug-likeness (QED) is 0.501. The predicted octanol–water partition coefficient (Wildman–Crippen LogP) is 2.18. The summed E-state index contributed by atoms with van der Waals surface area (Å²) in [7, 11) is 1.63. The minimum Gasteiger partial charge on any atom is -0.489 e. The molecule has 10 nitrogen and oxygen atoms in total. The van der Waals surface area contributed by atoms with Crippen molar-refractivity contribution in [1.29, 1.82) is 0 Å². The number of likely N-dealkylation sites (tertiary alicyclic amines) is 1. The number of aromatic nitrogens is 3. The van der Waals surface area contributed by atoms with Crippen molar-refractivity contribution in [3.63, 3.8) is 0 Å². The molecule has 2 N–H and O–H groups in total. The van der Waals surface area contributed by atoms with Crippen LogP contribution in [0.1, 0.15) is 40.4 Å². The number of H-pyrrole nitrogens is 1. The molecule has 1 atom stereocenters. The van der Waals surface area contributed by atoms with Crippen LogP contribution in [0.2, 0.25) is 0 Å². The first kappa shape index (κ1) is 24.2. The van der Waals surface area contributed by atoms with Crippen LogP contribution in [-0.4, -0.2) is 70.6 Å². The Balaban J connectivity index is 1.24. The normalized spacial score (nSPS) is 17.4. The van der Waals surface area contributed by atoms with E-state index in [-0.39, 0.29) is 24.2 Å². The molecule has 190 valence electrons. The number of hydrogen-bond acceptors (Lipinski definition) is 6. The Morgan fingerprint density at radius 3 is 2.73 bits per heavy atom. The van der Waals surface area contributed by atoms with Crippen molar-refractivity contribution >= 4 is 29.5 Å². The monoisotopic (exact) mass is 500 g/mol. The van der Waals surface area contributed by atoms with Crippen LogP contribution in [0.3, 0.4) is 0 Å². The van der Waals surface area contributed by atoms with Gasteiger partial charge < -0.3 is 19.9 Å². The second-order valence-corrected chi connectivity index (χ2v) is 9.10. The van der Waals surface area contributed by atoms with E-state index in [2.05, 4.69) is 20.5 Å². The molecule has 2 aromatic carbocycles. The highest BCUT2D eigenvalue weighted by Crippen LogP contribution is 2.32. The third-order valence-electron chi connectivity index (χ3n) is 6.47. The molecular weight excluding hydrogens is 472 g/mol. The standard InChI is InChI=1S/C27H28N6O4/c1-32-21-15-19(10-12-24(34)33-13-5-6-14-33)9-11-22(21)37-17-20(27(32)36)28-26(35)25-29-23(30-31-25)16-18-7-3-2-4-8-18/h2-4,7-12,15,20H,5-6,13-14,16-17H2,1H3,(H,28,35)(H,29,30,31)/b12-10+/t20-/m1/s1. The van der Waals surface area contributed by atoms with E-state index in [0.717, 1.165) is 37.1 Å². The number of carbonyl (C=O) groups is 3. The second kappa shape index (κ2) is 10.7. The number of anilines is 1. The molecule has 1 saturated heterocycles. The third-order valence-corrected chi connectivity index (χ3v) is 6.47. The smallest absolute Gasteiger partial charge is 0.291 e. The predicted molar refractivity (Wildman–Crippen MR) is 137 cm³/mol. The Morgan fingerprint density at radius 2 is 1.95 bits per heavy atom. The minimum atomic E-state index is -0.920. The number of nitrogens with zero attached hydrogens (tertiary/aromatic N) is 4. The summed E-state index contributed by atoms with van der Waals surface area (Å²) in [6.07, 6.45) is 5.86. The van der Waals surface area contributed by atoms with E-state index in [4.69, 9.17) is 4.74 Å². The third kappa shape index (κ3) is 5.53. The van der Waals surface area contributed by atoms with E-state index in [1.807, 2.05) is 41.3 Å². The van der Waals surface area contributed by atoms with E-state index < -0.39 is 11.9 Å². The number of aromatic amines is 1. The Bertz CT molecular complexity index is 1330. The van der Waals surface area contributed by atoms with E-state index in [1.54, 1.807) is 31.3 Å². The zero-order valence-corrected chi connectivity index (χ0v) is 20.5. The highest BCUT2D eigenvalue weighted by atomic mass is 16.5. The molecule has 0 saturated carbocycles. The average Bonchev–Trinajstić information content (AvgIpc) is 3.61. The number of amides is 3. The lowest BCUT2D eigenvalue weighted by Crippen LogP contribution is -2.49. The zero-order chi connectivity index (χ0) is 25.8. The summed E-state index contributed by atoms with van der Waals surface area (Å²) in [5, 5.41) is 9.48. The highest BCUT2D eigenvalue weighted by molar-refractivity contribution is 6.02. The van der Waals surface area contributed by atoms with Crippen molar-refractivity contribution in [3.05, 3.63) is 77.4 Å². The van der Waals surface area contributed by atoms with Gasteiger partial charge in [-0.05, 0) is 42.2 Å². The van der Waals surface area contributed by atoms with Crippen LogP contribution in [0.15, 0.2) is 54.6 Å². The van der Waals surface area contributed by atoms with Gasteiger partial charge in [-0.2, -0.15) is 0 Å². The molecule has 1 aromatic heterocycles.